The lowest BCUT2D eigenvalue weighted by Crippen LogP contribution is -2.20. The van der Waals surface area contributed by atoms with Crippen LogP contribution in [0.3, 0.4) is 0 Å². The minimum atomic E-state index is -0.180. The smallest absolute Gasteiger partial charge is 0.0618 e. The molecule has 20 heavy (non-hydrogen) atoms. The van der Waals surface area contributed by atoms with E-state index in [1.165, 1.54) is 64.2 Å². The highest BCUT2D eigenvalue weighted by molar-refractivity contribution is 4.90. The molecule has 0 saturated carbocycles. The summed E-state index contributed by atoms with van der Waals surface area (Å²) in [4.78, 5) is 0. The number of allylic oxidation sites excluding steroid dienone is 3. The molecule has 118 valence electrons. The molecule has 0 rings (SSSR count). The summed E-state index contributed by atoms with van der Waals surface area (Å²) in [5, 5.41) is 8.76. The first-order valence-corrected chi connectivity index (χ1v) is 8.49. The average molecular weight is 281 g/mol. The highest BCUT2D eigenvalue weighted by Gasteiger charge is 1.92. The quantitative estimate of drug-likeness (QED) is 0.357. The van der Waals surface area contributed by atoms with E-state index in [0.29, 0.717) is 0 Å². The van der Waals surface area contributed by atoms with Crippen molar-refractivity contribution in [3.05, 3.63) is 24.3 Å². The van der Waals surface area contributed by atoms with Crippen LogP contribution in [-0.4, -0.2) is 17.8 Å². The molecular weight excluding hydrogens is 246 g/mol. The number of hydrogen-bond acceptors (Lipinski definition) is 2. The molecule has 0 aromatic heterocycles. The molecule has 0 spiro atoms. The predicted molar refractivity (Wildman–Crippen MR) is 89.8 cm³/mol. The topological polar surface area (TPSA) is 46.2 Å². The molecule has 0 fully saturated rings. The molecule has 0 unspecified atom stereocenters. The third-order valence-corrected chi connectivity index (χ3v) is 3.48. The largest absolute Gasteiger partial charge is 0.394 e. The van der Waals surface area contributed by atoms with Gasteiger partial charge in [-0.25, -0.2) is 0 Å². The van der Waals surface area contributed by atoms with E-state index in [9.17, 15) is 0 Å². The van der Waals surface area contributed by atoms with E-state index in [4.69, 9.17) is 10.8 Å². The highest BCUT2D eigenvalue weighted by atomic mass is 16.3. The van der Waals surface area contributed by atoms with E-state index in [-0.39, 0.29) is 12.6 Å². The van der Waals surface area contributed by atoms with Gasteiger partial charge in [-0.3, -0.25) is 0 Å². The van der Waals surface area contributed by atoms with Gasteiger partial charge in [-0.2, -0.15) is 0 Å². The lowest BCUT2D eigenvalue weighted by atomic mass is 10.1. The molecule has 1 atom stereocenters. The summed E-state index contributed by atoms with van der Waals surface area (Å²) in [5.41, 5.74) is 5.58. The first-order valence-electron chi connectivity index (χ1n) is 8.49. The zero-order chi connectivity index (χ0) is 14.9. The van der Waals surface area contributed by atoms with Gasteiger partial charge in [-0.1, -0.05) is 69.8 Å². The fourth-order valence-corrected chi connectivity index (χ4v) is 2.12. The van der Waals surface area contributed by atoms with Gasteiger partial charge in [0.25, 0.3) is 0 Å². The van der Waals surface area contributed by atoms with E-state index in [1.807, 2.05) is 6.08 Å². The van der Waals surface area contributed by atoms with Crippen LogP contribution in [0.1, 0.15) is 77.6 Å². The van der Waals surface area contributed by atoms with Crippen molar-refractivity contribution >= 4 is 0 Å². The average Bonchev–Trinajstić information content (AvgIpc) is 2.47. The van der Waals surface area contributed by atoms with Crippen LogP contribution in [0.2, 0.25) is 0 Å². The predicted octanol–water partition coefficient (Wildman–Crippen LogP) is 4.73. The van der Waals surface area contributed by atoms with Crippen LogP contribution >= 0.6 is 0 Å². The van der Waals surface area contributed by atoms with E-state index >= 15 is 0 Å². The van der Waals surface area contributed by atoms with Gasteiger partial charge in [0.15, 0.2) is 0 Å². The Kier molecular flexibility index (Phi) is 16.0. The summed E-state index contributed by atoms with van der Waals surface area (Å²) < 4.78 is 0. The van der Waals surface area contributed by atoms with Crippen molar-refractivity contribution in [2.75, 3.05) is 6.61 Å². The lowest BCUT2D eigenvalue weighted by molar-refractivity contribution is 0.284. The SMILES string of the molecule is CCCC/C=C\CCCCCCCC/C=C\[C@@H](N)CO. The normalized spacial score (nSPS) is 13.6. The van der Waals surface area contributed by atoms with Gasteiger partial charge in [0.05, 0.1) is 6.61 Å². The Hall–Kier alpha value is -0.600. The lowest BCUT2D eigenvalue weighted by Gasteiger charge is -2.01. The molecule has 0 radical (unpaired) electrons. The zero-order valence-corrected chi connectivity index (χ0v) is 13.4. The summed E-state index contributed by atoms with van der Waals surface area (Å²) in [5.74, 6) is 0. The molecule has 3 N–H and O–H groups in total. The van der Waals surface area contributed by atoms with Crippen molar-refractivity contribution in [3.8, 4) is 0 Å². The standard InChI is InChI=1S/C18H35NO/c1-2-3-4-5-6-7-8-9-10-11-12-13-14-15-16-18(19)17-20/h5-6,15-16,18,20H,2-4,7-14,17,19H2,1H3/b6-5-,16-15-/t18-/m1/s1. The Morgan fingerprint density at radius 2 is 1.30 bits per heavy atom. The molecule has 0 aliphatic heterocycles. The molecule has 0 heterocycles. The molecule has 0 saturated heterocycles. The highest BCUT2D eigenvalue weighted by Crippen LogP contribution is 2.09. The first kappa shape index (κ1) is 19.4. The first-order chi connectivity index (χ1) is 9.81. The number of unbranched alkanes of at least 4 members (excludes halogenated alkanes) is 9. The van der Waals surface area contributed by atoms with Crippen molar-refractivity contribution in [3.63, 3.8) is 0 Å². The van der Waals surface area contributed by atoms with Gasteiger partial charge in [0.1, 0.15) is 0 Å². The Bertz CT molecular complexity index is 236. The number of aliphatic hydroxyl groups is 1. The maximum Gasteiger partial charge on any atom is 0.0618 e. The zero-order valence-electron chi connectivity index (χ0n) is 13.4. The molecule has 2 heteroatoms. The van der Waals surface area contributed by atoms with Gasteiger partial charge < -0.3 is 10.8 Å². The fourth-order valence-electron chi connectivity index (χ4n) is 2.12. The van der Waals surface area contributed by atoms with Gasteiger partial charge in [-0.05, 0) is 32.1 Å². The van der Waals surface area contributed by atoms with Gasteiger partial charge in [0, 0.05) is 6.04 Å². The summed E-state index contributed by atoms with van der Waals surface area (Å²) >= 11 is 0. The van der Waals surface area contributed by atoms with Crippen LogP contribution in [0.25, 0.3) is 0 Å². The molecule has 2 nitrogen and oxygen atoms in total. The molecule has 0 amide bonds. The molecular formula is C18H35NO. The van der Waals surface area contributed by atoms with Crippen LogP contribution in [0.15, 0.2) is 24.3 Å². The fraction of sp³-hybridized carbons (Fsp3) is 0.778. The molecule has 0 aromatic carbocycles. The van der Waals surface area contributed by atoms with Crippen molar-refractivity contribution in [2.45, 2.75) is 83.6 Å². The third kappa shape index (κ3) is 15.5. The summed E-state index contributed by atoms with van der Waals surface area (Å²) in [7, 11) is 0. The van der Waals surface area contributed by atoms with Crippen LogP contribution in [0.5, 0.6) is 0 Å². The minimum absolute atomic E-state index is 0.0450. The number of hydrogen-bond donors (Lipinski definition) is 2. The van der Waals surface area contributed by atoms with E-state index in [1.54, 1.807) is 0 Å². The van der Waals surface area contributed by atoms with Crippen molar-refractivity contribution in [2.24, 2.45) is 5.73 Å². The summed E-state index contributed by atoms with van der Waals surface area (Å²) in [6, 6.07) is -0.180. The molecule has 0 aromatic rings. The Morgan fingerprint density at radius 1 is 0.800 bits per heavy atom. The van der Waals surface area contributed by atoms with Crippen molar-refractivity contribution in [1.82, 2.24) is 0 Å². The van der Waals surface area contributed by atoms with Crippen LogP contribution in [0, 0.1) is 0 Å². The molecule has 0 aliphatic rings. The number of aliphatic hydroxyl groups excluding tert-OH is 1. The Morgan fingerprint density at radius 3 is 1.85 bits per heavy atom. The summed E-state index contributed by atoms with van der Waals surface area (Å²) in [6.07, 6.45) is 22.9. The summed E-state index contributed by atoms with van der Waals surface area (Å²) in [6.45, 7) is 2.29. The molecule has 0 bridgehead atoms. The van der Waals surface area contributed by atoms with E-state index in [2.05, 4.69) is 25.2 Å². The van der Waals surface area contributed by atoms with Crippen LogP contribution in [-0.2, 0) is 0 Å². The van der Waals surface area contributed by atoms with Gasteiger partial charge in [-0.15, -0.1) is 0 Å². The van der Waals surface area contributed by atoms with Crippen molar-refractivity contribution in [1.29, 1.82) is 0 Å². The second-order valence-corrected chi connectivity index (χ2v) is 5.59. The molecule has 0 aliphatic carbocycles. The Balaban J connectivity index is 3.13. The number of rotatable bonds is 14. The third-order valence-electron chi connectivity index (χ3n) is 3.48. The monoisotopic (exact) mass is 281 g/mol. The van der Waals surface area contributed by atoms with Crippen molar-refractivity contribution < 1.29 is 5.11 Å². The minimum Gasteiger partial charge on any atom is -0.394 e. The second-order valence-electron chi connectivity index (χ2n) is 5.59. The Labute approximate surface area is 126 Å². The van der Waals surface area contributed by atoms with Crippen LogP contribution in [0.4, 0.5) is 0 Å². The maximum absolute atomic E-state index is 8.76. The second kappa shape index (κ2) is 16.5. The van der Waals surface area contributed by atoms with E-state index < -0.39 is 0 Å². The van der Waals surface area contributed by atoms with E-state index in [0.717, 1.165) is 6.42 Å². The van der Waals surface area contributed by atoms with Gasteiger partial charge >= 0.3 is 0 Å². The van der Waals surface area contributed by atoms with Gasteiger partial charge in [0.2, 0.25) is 0 Å². The van der Waals surface area contributed by atoms with Crippen LogP contribution < -0.4 is 5.73 Å². The maximum atomic E-state index is 8.76. The number of nitrogens with two attached hydrogens (primary N) is 1.